The molecule has 1 N–H and O–H groups in total. The van der Waals surface area contributed by atoms with Crippen molar-refractivity contribution in [3.05, 3.63) is 102 Å². The van der Waals surface area contributed by atoms with Crippen molar-refractivity contribution in [2.24, 2.45) is 0 Å². The summed E-state index contributed by atoms with van der Waals surface area (Å²) >= 11 is 1.70. The molecule has 0 unspecified atom stereocenters. The van der Waals surface area contributed by atoms with Gasteiger partial charge in [0, 0.05) is 21.8 Å². The van der Waals surface area contributed by atoms with Gasteiger partial charge in [0.2, 0.25) is 5.89 Å². The van der Waals surface area contributed by atoms with Crippen molar-refractivity contribution < 1.29 is 13.6 Å². The van der Waals surface area contributed by atoms with Gasteiger partial charge < -0.3 is 9.73 Å². The number of carbonyl (C=O) groups excluding carboxylic acids is 1. The Balaban J connectivity index is 1.45. The van der Waals surface area contributed by atoms with E-state index in [-0.39, 0.29) is 11.6 Å². The SMILES string of the molecule is Cc1oc(-c2ccc(C(=O)Nc3ccccc3F)cc2)nc1CSc1ccccc1. The first-order valence-electron chi connectivity index (χ1n) is 9.40. The van der Waals surface area contributed by atoms with Crippen LogP contribution in [0.3, 0.4) is 0 Å². The van der Waals surface area contributed by atoms with E-state index in [2.05, 4.69) is 22.4 Å². The van der Waals surface area contributed by atoms with Crippen molar-refractivity contribution in [1.29, 1.82) is 0 Å². The number of anilines is 1. The number of rotatable bonds is 6. The standard InChI is InChI=1S/C24H19FN2O2S/c1-16-22(15-30-19-7-3-2-4-8-19)27-24(29-16)18-13-11-17(12-14-18)23(28)26-21-10-6-5-9-20(21)25/h2-14H,15H2,1H3,(H,26,28). The fourth-order valence-electron chi connectivity index (χ4n) is 2.88. The number of nitrogens with one attached hydrogen (secondary N) is 1. The van der Waals surface area contributed by atoms with Crippen molar-refractivity contribution >= 4 is 23.4 Å². The predicted octanol–water partition coefficient (Wildman–Crippen LogP) is 6.33. The molecule has 0 aliphatic rings. The maximum absolute atomic E-state index is 13.7. The summed E-state index contributed by atoms with van der Waals surface area (Å²) in [7, 11) is 0. The van der Waals surface area contributed by atoms with Crippen molar-refractivity contribution in [2.75, 3.05) is 5.32 Å². The van der Waals surface area contributed by atoms with Crippen LogP contribution >= 0.6 is 11.8 Å². The van der Waals surface area contributed by atoms with Gasteiger partial charge in [0.25, 0.3) is 5.91 Å². The Bertz CT molecular complexity index is 1160. The molecule has 0 fully saturated rings. The fourth-order valence-corrected chi connectivity index (χ4v) is 3.80. The Morgan fingerprint density at radius 2 is 1.70 bits per heavy atom. The number of halogens is 1. The van der Waals surface area contributed by atoms with Gasteiger partial charge in [0.15, 0.2) is 0 Å². The summed E-state index contributed by atoms with van der Waals surface area (Å²) in [5.41, 5.74) is 2.23. The third-order valence-corrected chi connectivity index (χ3v) is 5.55. The Labute approximate surface area is 178 Å². The van der Waals surface area contributed by atoms with Crippen molar-refractivity contribution in [1.82, 2.24) is 4.98 Å². The first-order valence-corrected chi connectivity index (χ1v) is 10.4. The van der Waals surface area contributed by atoms with Gasteiger partial charge in [0.1, 0.15) is 11.6 Å². The summed E-state index contributed by atoms with van der Waals surface area (Å²) in [5, 5.41) is 2.58. The van der Waals surface area contributed by atoms with Gasteiger partial charge >= 0.3 is 0 Å². The largest absolute Gasteiger partial charge is 0.441 e. The predicted molar refractivity (Wildman–Crippen MR) is 117 cm³/mol. The van der Waals surface area contributed by atoms with Crippen molar-refractivity contribution in [3.63, 3.8) is 0 Å². The average Bonchev–Trinajstić information content (AvgIpc) is 3.15. The molecule has 1 amide bonds. The quantitative estimate of drug-likeness (QED) is 0.372. The molecule has 0 aliphatic carbocycles. The van der Waals surface area contributed by atoms with Gasteiger partial charge in [-0.15, -0.1) is 11.8 Å². The van der Waals surface area contributed by atoms with E-state index in [1.165, 1.54) is 17.0 Å². The molecule has 4 aromatic rings. The lowest BCUT2D eigenvalue weighted by Gasteiger charge is -2.06. The first-order chi connectivity index (χ1) is 14.6. The van der Waals surface area contributed by atoms with Gasteiger partial charge in [-0.1, -0.05) is 30.3 Å². The molecule has 1 heterocycles. The monoisotopic (exact) mass is 418 g/mol. The summed E-state index contributed by atoms with van der Waals surface area (Å²) in [6.45, 7) is 1.90. The van der Waals surface area contributed by atoms with Gasteiger partial charge in [-0.3, -0.25) is 4.79 Å². The van der Waals surface area contributed by atoms with Gasteiger partial charge in [-0.25, -0.2) is 9.37 Å². The average molecular weight is 418 g/mol. The first kappa shape index (κ1) is 19.9. The smallest absolute Gasteiger partial charge is 0.255 e. The van der Waals surface area contributed by atoms with Crippen molar-refractivity contribution in [3.8, 4) is 11.5 Å². The highest BCUT2D eigenvalue weighted by Gasteiger charge is 2.14. The minimum absolute atomic E-state index is 0.149. The second kappa shape index (κ2) is 8.97. The maximum atomic E-state index is 13.7. The number of aromatic nitrogens is 1. The summed E-state index contributed by atoms with van der Waals surface area (Å²) < 4.78 is 19.6. The van der Waals surface area contributed by atoms with Crippen LogP contribution < -0.4 is 5.32 Å². The minimum atomic E-state index is -0.473. The molecule has 0 saturated heterocycles. The molecule has 0 spiro atoms. The zero-order valence-electron chi connectivity index (χ0n) is 16.3. The zero-order valence-corrected chi connectivity index (χ0v) is 17.1. The van der Waals surface area contributed by atoms with E-state index >= 15 is 0 Å². The fraction of sp³-hybridized carbons (Fsp3) is 0.0833. The van der Waals surface area contributed by atoms with Crippen LogP contribution in [0.25, 0.3) is 11.5 Å². The number of thioether (sulfide) groups is 1. The highest BCUT2D eigenvalue weighted by atomic mass is 32.2. The van der Waals surface area contributed by atoms with Crippen LogP contribution in [0.15, 0.2) is 88.2 Å². The molecular weight excluding hydrogens is 399 g/mol. The highest BCUT2D eigenvalue weighted by molar-refractivity contribution is 7.98. The lowest BCUT2D eigenvalue weighted by molar-refractivity contribution is 0.102. The Kier molecular flexibility index (Phi) is 5.95. The number of aryl methyl sites for hydroxylation is 1. The minimum Gasteiger partial charge on any atom is -0.441 e. The van der Waals surface area contributed by atoms with E-state index < -0.39 is 5.82 Å². The number of amides is 1. The molecule has 0 aliphatic heterocycles. The van der Waals surface area contributed by atoms with Crippen LogP contribution in [0, 0.1) is 12.7 Å². The molecule has 6 heteroatoms. The molecule has 150 valence electrons. The van der Waals surface area contributed by atoms with Crippen LogP contribution in [0.2, 0.25) is 0 Å². The molecule has 4 rings (SSSR count). The number of hydrogen-bond acceptors (Lipinski definition) is 4. The third kappa shape index (κ3) is 4.60. The van der Waals surface area contributed by atoms with E-state index in [1.54, 1.807) is 48.2 Å². The van der Waals surface area contributed by atoms with Crippen LogP contribution in [-0.2, 0) is 5.75 Å². The molecule has 1 aromatic heterocycles. The van der Waals surface area contributed by atoms with Crippen LogP contribution in [0.4, 0.5) is 10.1 Å². The molecule has 0 bridgehead atoms. The summed E-state index contributed by atoms with van der Waals surface area (Å²) in [6, 6.07) is 23.1. The van der Waals surface area contributed by atoms with Crippen molar-refractivity contribution in [2.45, 2.75) is 17.6 Å². The lowest BCUT2D eigenvalue weighted by Crippen LogP contribution is -2.12. The normalized spacial score (nSPS) is 10.7. The molecule has 4 nitrogen and oxygen atoms in total. The van der Waals surface area contributed by atoms with Gasteiger partial charge in [-0.2, -0.15) is 0 Å². The number of benzene rings is 3. The van der Waals surface area contributed by atoms with E-state index in [0.717, 1.165) is 17.0 Å². The Morgan fingerprint density at radius 3 is 2.43 bits per heavy atom. The summed E-state index contributed by atoms with van der Waals surface area (Å²) in [5.74, 6) is 1.14. The number of hydrogen-bond donors (Lipinski definition) is 1. The Morgan fingerprint density at radius 1 is 1.00 bits per heavy atom. The number of oxazole rings is 1. The van der Waals surface area contributed by atoms with Crippen LogP contribution in [0.5, 0.6) is 0 Å². The molecule has 0 radical (unpaired) electrons. The van der Waals surface area contributed by atoms with E-state index in [4.69, 9.17) is 4.42 Å². The van der Waals surface area contributed by atoms with E-state index in [0.29, 0.717) is 17.2 Å². The second-order valence-electron chi connectivity index (χ2n) is 6.63. The molecule has 0 atom stereocenters. The highest BCUT2D eigenvalue weighted by Crippen LogP contribution is 2.27. The zero-order chi connectivity index (χ0) is 20.9. The molecular formula is C24H19FN2O2S. The molecule has 3 aromatic carbocycles. The lowest BCUT2D eigenvalue weighted by atomic mass is 10.1. The molecule has 0 saturated carbocycles. The number of para-hydroxylation sites is 1. The van der Waals surface area contributed by atoms with E-state index in [9.17, 15) is 9.18 Å². The summed E-state index contributed by atoms with van der Waals surface area (Å²) in [6.07, 6.45) is 0. The number of carbonyl (C=O) groups is 1. The number of nitrogens with zero attached hydrogens (tertiary/aromatic N) is 1. The van der Waals surface area contributed by atoms with Crippen LogP contribution in [0.1, 0.15) is 21.8 Å². The van der Waals surface area contributed by atoms with Crippen LogP contribution in [-0.4, -0.2) is 10.9 Å². The molecule has 30 heavy (non-hydrogen) atoms. The maximum Gasteiger partial charge on any atom is 0.255 e. The van der Waals surface area contributed by atoms with Gasteiger partial charge in [0.05, 0.1) is 11.4 Å². The summed E-state index contributed by atoms with van der Waals surface area (Å²) in [4.78, 5) is 18.2. The van der Waals surface area contributed by atoms with Gasteiger partial charge in [-0.05, 0) is 55.5 Å². The van der Waals surface area contributed by atoms with E-state index in [1.807, 2.05) is 25.1 Å². The second-order valence-corrected chi connectivity index (χ2v) is 7.68. The Hall–Kier alpha value is -3.38. The topological polar surface area (TPSA) is 55.1 Å². The third-order valence-electron chi connectivity index (χ3n) is 4.53.